The number of para-hydroxylation sites is 1. The fourth-order valence-electron chi connectivity index (χ4n) is 16.8. The monoisotopic (exact) mass is 1100 g/mol. The van der Waals surface area contributed by atoms with Crippen LogP contribution < -0.4 is 0 Å². The van der Waals surface area contributed by atoms with Crippen molar-refractivity contribution in [3.8, 4) is 55.6 Å². The molecule has 0 N–H and O–H groups in total. The van der Waals surface area contributed by atoms with E-state index >= 15 is 0 Å². The van der Waals surface area contributed by atoms with Crippen LogP contribution in [0.4, 0.5) is 0 Å². The van der Waals surface area contributed by atoms with Crippen LogP contribution in [0.5, 0.6) is 0 Å². The lowest BCUT2D eigenvalue weighted by atomic mass is 9.76. The Labute approximate surface area is 502 Å². The van der Waals surface area contributed by atoms with Gasteiger partial charge in [-0.15, -0.1) is 0 Å². The molecular weight excluding hydrogens is 1020 g/mol. The summed E-state index contributed by atoms with van der Waals surface area (Å²) in [6.45, 7) is 28.9. The van der Waals surface area contributed by atoms with E-state index in [0.29, 0.717) is 0 Å². The predicted molar refractivity (Wildman–Crippen MR) is 358 cm³/mol. The number of benzene rings is 10. The standard InChI is InChI=1S/C84H72O/c1-49(51-24-14-12-15-25-51)23-22-28-53(52-26-16-13-17-27-52)43-55(41-50-33-35-57-62-46-74-65(48-72(62)82(6,7)69(57)42-50)77-68(81(74,4)5)40-38-61-59-30-19-21-32-75(59)85-79(61)77)54-34-36-58-63-45-73-64(47-71(63)83(8,9)70(58)44-54)76-67(80(73,2)3)39-37-60-56-29-18-20-31-66(56)84(10,11)78(60)76/h12-40,42,44-48,55H,1,41,43H2,2-11H3/b23-22-,53-28+. The summed E-state index contributed by atoms with van der Waals surface area (Å²) in [5, 5.41) is 2.36. The Kier molecular flexibility index (Phi) is 10.9. The van der Waals surface area contributed by atoms with Crippen LogP contribution in [-0.4, -0.2) is 0 Å². The molecule has 11 aromatic rings. The third kappa shape index (κ3) is 7.29. The molecule has 0 fully saturated rings. The van der Waals surface area contributed by atoms with Crippen molar-refractivity contribution in [2.75, 3.05) is 0 Å². The molecule has 85 heavy (non-hydrogen) atoms. The van der Waals surface area contributed by atoms with E-state index < -0.39 is 0 Å². The van der Waals surface area contributed by atoms with Crippen molar-refractivity contribution in [2.45, 2.75) is 115 Å². The van der Waals surface area contributed by atoms with E-state index in [1.165, 1.54) is 144 Å². The molecule has 1 heteroatoms. The van der Waals surface area contributed by atoms with Gasteiger partial charge in [0.05, 0.1) is 0 Å². The number of hydrogen-bond acceptors (Lipinski definition) is 1. The van der Waals surface area contributed by atoms with Crippen molar-refractivity contribution >= 4 is 33.1 Å². The summed E-state index contributed by atoms with van der Waals surface area (Å²) in [7, 11) is 0. The molecule has 1 aromatic heterocycles. The van der Waals surface area contributed by atoms with E-state index in [-0.39, 0.29) is 33.0 Å². The molecule has 0 amide bonds. The van der Waals surface area contributed by atoms with Gasteiger partial charge in [-0.1, -0.05) is 258 Å². The van der Waals surface area contributed by atoms with Gasteiger partial charge in [0.15, 0.2) is 0 Å². The van der Waals surface area contributed by atoms with Gasteiger partial charge in [-0.3, -0.25) is 0 Å². The topological polar surface area (TPSA) is 13.1 Å². The van der Waals surface area contributed by atoms with Gasteiger partial charge in [0.25, 0.3) is 0 Å². The van der Waals surface area contributed by atoms with Gasteiger partial charge in [0.1, 0.15) is 11.2 Å². The van der Waals surface area contributed by atoms with Crippen LogP contribution in [0.3, 0.4) is 0 Å². The molecule has 5 aliphatic carbocycles. The van der Waals surface area contributed by atoms with Gasteiger partial charge in [0.2, 0.25) is 0 Å². The average Bonchev–Trinajstić information content (AvgIpc) is 1.55. The number of furan rings is 1. The van der Waals surface area contributed by atoms with E-state index in [2.05, 4.69) is 288 Å². The predicted octanol–water partition coefficient (Wildman–Crippen LogP) is 22.2. The van der Waals surface area contributed by atoms with Gasteiger partial charge in [-0.2, -0.15) is 0 Å². The van der Waals surface area contributed by atoms with E-state index in [9.17, 15) is 0 Å². The zero-order chi connectivity index (χ0) is 58.3. The lowest BCUT2D eigenvalue weighted by Gasteiger charge is -2.27. The van der Waals surface area contributed by atoms with Crippen molar-refractivity contribution in [1.29, 1.82) is 0 Å². The van der Waals surface area contributed by atoms with Crippen LogP contribution in [0, 0.1) is 0 Å². The summed E-state index contributed by atoms with van der Waals surface area (Å²) in [6.07, 6.45) is 8.49. The highest BCUT2D eigenvalue weighted by molar-refractivity contribution is 6.12. The Bertz CT molecular complexity index is 4790. The number of rotatable bonds is 9. The van der Waals surface area contributed by atoms with Crippen LogP contribution in [0.1, 0.15) is 159 Å². The molecular formula is C84H72O. The fraction of sp³-hybridized carbons (Fsp3) is 0.214. The molecule has 1 atom stereocenters. The second kappa shape index (κ2) is 17.9. The maximum atomic E-state index is 6.78. The average molecular weight is 1100 g/mol. The number of allylic oxidation sites excluding steroid dienone is 5. The summed E-state index contributed by atoms with van der Waals surface area (Å²) < 4.78 is 6.78. The van der Waals surface area contributed by atoms with Gasteiger partial charge >= 0.3 is 0 Å². The summed E-state index contributed by atoms with van der Waals surface area (Å²) in [5.74, 6) is 0.168. The van der Waals surface area contributed by atoms with Crippen molar-refractivity contribution in [2.24, 2.45) is 0 Å². The van der Waals surface area contributed by atoms with Gasteiger partial charge < -0.3 is 4.42 Å². The molecule has 0 aliphatic heterocycles. The Morgan fingerprint density at radius 1 is 0.412 bits per heavy atom. The maximum absolute atomic E-state index is 6.78. The molecule has 10 aromatic carbocycles. The van der Waals surface area contributed by atoms with Crippen molar-refractivity contribution in [3.05, 3.63) is 297 Å². The summed E-state index contributed by atoms with van der Waals surface area (Å²) in [5.41, 5.74) is 36.3. The van der Waals surface area contributed by atoms with Crippen molar-refractivity contribution in [3.63, 3.8) is 0 Å². The second-order valence-electron chi connectivity index (χ2n) is 28.0. The summed E-state index contributed by atoms with van der Waals surface area (Å²) >= 11 is 0. The Balaban J connectivity index is 0.803. The highest BCUT2D eigenvalue weighted by Gasteiger charge is 2.48. The first kappa shape index (κ1) is 51.8. The van der Waals surface area contributed by atoms with Crippen LogP contribution in [0.25, 0.3) is 88.7 Å². The smallest absolute Gasteiger partial charge is 0.143 e. The number of hydrogen-bond donors (Lipinski definition) is 0. The minimum Gasteiger partial charge on any atom is -0.455 e. The zero-order valence-corrected chi connectivity index (χ0v) is 50.8. The van der Waals surface area contributed by atoms with Crippen molar-refractivity contribution in [1.82, 2.24) is 0 Å². The molecule has 0 spiro atoms. The van der Waals surface area contributed by atoms with Gasteiger partial charge in [-0.25, -0.2) is 0 Å². The van der Waals surface area contributed by atoms with Crippen LogP contribution in [-0.2, 0) is 33.5 Å². The van der Waals surface area contributed by atoms with Gasteiger partial charge in [-0.05, 0) is 188 Å². The fourth-order valence-corrected chi connectivity index (χ4v) is 16.8. The Hall–Kier alpha value is -8.78. The lowest BCUT2D eigenvalue weighted by molar-refractivity contribution is 0.643. The maximum Gasteiger partial charge on any atom is 0.143 e. The molecule has 1 nitrogen and oxygen atoms in total. The number of fused-ring (bicyclic) bond motifs is 20. The van der Waals surface area contributed by atoms with Crippen LogP contribution >= 0.6 is 0 Å². The molecule has 16 rings (SSSR count). The highest BCUT2D eigenvalue weighted by atomic mass is 16.3. The molecule has 1 unspecified atom stereocenters. The molecule has 414 valence electrons. The minimum absolute atomic E-state index is 0.109. The normalized spacial score (nSPS) is 17.2. The van der Waals surface area contributed by atoms with E-state index in [0.717, 1.165) is 35.1 Å². The second-order valence-corrected chi connectivity index (χ2v) is 28.0. The van der Waals surface area contributed by atoms with Crippen molar-refractivity contribution < 1.29 is 4.42 Å². The molecule has 1 heterocycles. The third-order valence-electron chi connectivity index (χ3n) is 21.5. The SMILES string of the molecule is C=C(/C=C\C=C(/CC(Cc1ccc2c(c1)C(C)(C)c1cc3c(cc1-2)C(C)(C)c1ccc2c(oc4ccccc42)c1-3)c1ccc2c(c1)C(C)(C)c1cc3c(cc1-2)C(C)(C)c1ccc2c(c1-3)C(C)(C)c1ccccc1-2)c1ccccc1)c1ccccc1. The largest absolute Gasteiger partial charge is 0.455 e. The molecule has 0 saturated carbocycles. The molecule has 0 saturated heterocycles. The first-order valence-corrected chi connectivity index (χ1v) is 30.9. The minimum atomic E-state index is -0.225. The zero-order valence-electron chi connectivity index (χ0n) is 50.8. The van der Waals surface area contributed by atoms with Gasteiger partial charge in [0, 0.05) is 43.4 Å². The van der Waals surface area contributed by atoms with E-state index in [1.54, 1.807) is 0 Å². The highest BCUT2D eigenvalue weighted by Crippen LogP contribution is 2.63. The third-order valence-corrected chi connectivity index (χ3v) is 21.5. The lowest BCUT2D eigenvalue weighted by Crippen LogP contribution is -2.18. The van der Waals surface area contributed by atoms with Crippen LogP contribution in [0.15, 0.2) is 223 Å². The Morgan fingerprint density at radius 3 is 1.64 bits per heavy atom. The van der Waals surface area contributed by atoms with Crippen LogP contribution in [0.2, 0.25) is 0 Å². The van der Waals surface area contributed by atoms with E-state index in [4.69, 9.17) is 4.42 Å². The quantitative estimate of drug-likeness (QED) is 0.131. The Morgan fingerprint density at radius 2 is 0.929 bits per heavy atom. The first-order chi connectivity index (χ1) is 40.8. The summed E-state index contributed by atoms with van der Waals surface area (Å²) in [6, 6.07) is 74.0. The van der Waals surface area contributed by atoms with E-state index in [1.807, 2.05) is 0 Å². The first-order valence-electron chi connectivity index (χ1n) is 30.9. The molecule has 5 aliphatic rings. The molecule has 0 radical (unpaired) electrons. The molecule has 0 bridgehead atoms. The summed E-state index contributed by atoms with van der Waals surface area (Å²) in [4.78, 5) is 0.